The Bertz CT molecular complexity index is 1630. The topological polar surface area (TPSA) is 85.0 Å². The number of amides is 1. The molecule has 5 aromatic rings. The van der Waals surface area contributed by atoms with Gasteiger partial charge in [0.25, 0.3) is 5.91 Å². The highest BCUT2D eigenvalue weighted by molar-refractivity contribution is 9.10. The van der Waals surface area contributed by atoms with Crippen LogP contribution in [0.4, 0.5) is 5.13 Å². The quantitative estimate of drug-likeness (QED) is 0.209. The third-order valence-corrected chi connectivity index (χ3v) is 6.54. The summed E-state index contributed by atoms with van der Waals surface area (Å²) in [6.07, 6.45) is 2.65. The first-order valence-electron chi connectivity index (χ1n) is 10.1. The van der Waals surface area contributed by atoms with Crippen LogP contribution in [0, 0.1) is 0 Å². The average Bonchev–Trinajstić information content (AvgIpc) is 3.28. The van der Waals surface area contributed by atoms with Crippen molar-refractivity contribution in [3.63, 3.8) is 0 Å². The second kappa shape index (κ2) is 9.20. The zero-order valence-corrected chi connectivity index (χ0v) is 20.2. The molecule has 7 nitrogen and oxygen atoms in total. The molecule has 2 heterocycles. The molecule has 168 valence electrons. The van der Waals surface area contributed by atoms with Crippen LogP contribution < -0.4 is 15.2 Å². The number of hydrazone groups is 1. The van der Waals surface area contributed by atoms with Gasteiger partial charge in [0, 0.05) is 10.0 Å². The monoisotopic (exact) mass is 533 g/mol. The third kappa shape index (κ3) is 4.23. The van der Waals surface area contributed by atoms with Gasteiger partial charge in [-0.1, -0.05) is 45.5 Å². The molecule has 0 aliphatic rings. The first kappa shape index (κ1) is 22.0. The van der Waals surface area contributed by atoms with Crippen LogP contribution in [0.1, 0.15) is 15.9 Å². The normalized spacial score (nSPS) is 11.4. The van der Waals surface area contributed by atoms with Gasteiger partial charge in [-0.2, -0.15) is 10.1 Å². The summed E-state index contributed by atoms with van der Waals surface area (Å²) < 4.78 is 12.6. The first-order valence-corrected chi connectivity index (χ1v) is 11.7. The number of benzene rings is 3. The van der Waals surface area contributed by atoms with Crippen molar-refractivity contribution in [2.75, 3.05) is 12.1 Å². The van der Waals surface area contributed by atoms with E-state index in [1.54, 1.807) is 48.5 Å². The molecule has 0 radical (unpaired) electrons. The summed E-state index contributed by atoms with van der Waals surface area (Å²) in [7, 11) is 1.53. The standard InChI is InChI=1S/C25H16BrN3O4S/c1-32-18-6-4-5-15(11-18)24(31)29(25-28-20-10-9-17(26)12-22(20)34-25)27-13-16-14-33-21-8-3-2-7-19(21)23(16)30/h2-14H,1H3/b27-13+. The average molecular weight is 534 g/mol. The van der Waals surface area contributed by atoms with E-state index >= 15 is 0 Å². The molecule has 3 aromatic carbocycles. The van der Waals surface area contributed by atoms with Crippen LogP contribution in [0.2, 0.25) is 0 Å². The lowest BCUT2D eigenvalue weighted by Gasteiger charge is -2.14. The van der Waals surface area contributed by atoms with E-state index in [1.807, 2.05) is 18.2 Å². The molecule has 0 aliphatic heterocycles. The van der Waals surface area contributed by atoms with Crippen LogP contribution in [0.25, 0.3) is 21.2 Å². The number of methoxy groups -OCH3 is 1. The van der Waals surface area contributed by atoms with Gasteiger partial charge in [-0.05, 0) is 48.5 Å². The van der Waals surface area contributed by atoms with Crippen molar-refractivity contribution in [1.29, 1.82) is 0 Å². The molecule has 9 heteroatoms. The highest BCUT2D eigenvalue weighted by Crippen LogP contribution is 2.32. The molecular weight excluding hydrogens is 518 g/mol. The molecule has 0 unspecified atom stereocenters. The lowest BCUT2D eigenvalue weighted by atomic mass is 10.2. The number of carbonyl (C=O) groups excluding carboxylic acids is 1. The van der Waals surface area contributed by atoms with Crippen molar-refractivity contribution in [3.8, 4) is 5.75 Å². The second-order valence-corrected chi connectivity index (χ2v) is 9.14. The fraction of sp³-hybridized carbons (Fsp3) is 0.0400. The largest absolute Gasteiger partial charge is 0.497 e. The highest BCUT2D eigenvalue weighted by Gasteiger charge is 2.22. The molecule has 1 amide bonds. The molecule has 0 fully saturated rings. The van der Waals surface area contributed by atoms with E-state index in [1.165, 1.54) is 35.9 Å². The van der Waals surface area contributed by atoms with Crippen LogP contribution in [-0.4, -0.2) is 24.2 Å². The van der Waals surface area contributed by atoms with Gasteiger partial charge < -0.3 is 9.15 Å². The van der Waals surface area contributed by atoms with Crippen LogP contribution in [-0.2, 0) is 0 Å². The summed E-state index contributed by atoms with van der Waals surface area (Å²) in [5, 5.41) is 6.35. The summed E-state index contributed by atoms with van der Waals surface area (Å²) in [6, 6.07) is 19.4. The molecule has 0 saturated heterocycles. The number of hydrogen-bond donors (Lipinski definition) is 0. The minimum absolute atomic E-state index is 0.214. The number of fused-ring (bicyclic) bond motifs is 2. The first-order chi connectivity index (χ1) is 16.5. The highest BCUT2D eigenvalue weighted by atomic mass is 79.9. The number of aromatic nitrogens is 1. The van der Waals surface area contributed by atoms with Crippen molar-refractivity contribution in [1.82, 2.24) is 4.98 Å². The zero-order valence-electron chi connectivity index (χ0n) is 17.8. The van der Waals surface area contributed by atoms with E-state index in [2.05, 4.69) is 26.0 Å². The Kier molecular flexibility index (Phi) is 5.95. The van der Waals surface area contributed by atoms with Gasteiger partial charge in [-0.25, -0.2) is 4.98 Å². The van der Waals surface area contributed by atoms with Gasteiger partial charge in [0.1, 0.15) is 17.6 Å². The zero-order chi connectivity index (χ0) is 23.7. The number of anilines is 1. The van der Waals surface area contributed by atoms with E-state index in [9.17, 15) is 9.59 Å². The van der Waals surface area contributed by atoms with Crippen molar-refractivity contribution < 1.29 is 13.9 Å². The number of nitrogens with zero attached hydrogens (tertiary/aromatic N) is 3. The molecular formula is C25H16BrN3O4S. The number of hydrogen-bond acceptors (Lipinski definition) is 7. The maximum absolute atomic E-state index is 13.5. The Labute approximate surface area is 206 Å². The van der Waals surface area contributed by atoms with Crippen molar-refractivity contribution in [3.05, 3.63) is 98.8 Å². The smallest absolute Gasteiger partial charge is 0.280 e. The van der Waals surface area contributed by atoms with Crippen LogP contribution in [0.15, 0.2) is 91.8 Å². The van der Waals surface area contributed by atoms with Gasteiger partial charge in [0.15, 0.2) is 0 Å². The van der Waals surface area contributed by atoms with E-state index in [0.29, 0.717) is 27.4 Å². The number of rotatable bonds is 5. The molecule has 0 spiro atoms. The van der Waals surface area contributed by atoms with E-state index < -0.39 is 5.91 Å². The second-order valence-electron chi connectivity index (χ2n) is 7.22. The van der Waals surface area contributed by atoms with E-state index in [-0.39, 0.29) is 11.0 Å². The summed E-state index contributed by atoms with van der Waals surface area (Å²) in [6.45, 7) is 0. The van der Waals surface area contributed by atoms with Gasteiger partial charge >= 0.3 is 0 Å². The molecule has 0 saturated carbocycles. The maximum atomic E-state index is 13.5. The van der Waals surface area contributed by atoms with Crippen LogP contribution in [0.5, 0.6) is 5.75 Å². The minimum Gasteiger partial charge on any atom is -0.497 e. The fourth-order valence-electron chi connectivity index (χ4n) is 3.35. The lowest BCUT2D eigenvalue weighted by Crippen LogP contribution is -2.26. The molecule has 0 aliphatic carbocycles. The summed E-state index contributed by atoms with van der Waals surface area (Å²) in [4.78, 5) is 31.0. The molecule has 0 bridgehead atoms. The van der Waals surface area contributed by atoms with Crippen molar-refractivity contribution in [2.45, 2.75) is 0 Å². The number of thiazole rings is 1. The summed E-state index contributed by atoms with van der Waals surface area (Å²) in [5.41, 5.74) is 1.54. The van der Waals surface area contributed by atoms with Gasteiger partial charge in [-0.3, -0.25) is 9.59 Å². The lowest BCUT2D eigenvalue weighted by molar-refractivity contribution is 0.0987. The molecule has 5 rings (SSSR count). The number of ether oxygens (including phenoxy) is 1. The van der Waals surface area contributed by atoms with Crippen molar-refractivity contribution >= 4 is 65.7 Å². The predicted octanol–water partition coefficient (Wildman–Crippen LogP) is 5.85. The SMILES string of the molecule is COc1cccc(C(=O)N(/N=C/c2coc3ccccc3c2=O)c2nc3ccc(Br)cc3s2)c1. The van der Waals surface area contributed by atoms with Crippen LogP contribution >= 0.6 is 27.3 Å². The Balaban J connectivity index is 1.60. The Morgan fingerprint density at radius 3 is 2.85 bits per heavy atom. The maximum Gasteiger partial charge on any atom is 0.280 e. The number of carbonyl (C=O) groups is 1. The van der Waals surface area contributed by atoms with E-state index in [4.69, 9.17) is 9.15 Å². The van der Waals surface area contributed by atoms with Gasteiger partial charge in [-0.15, -0.1) is 0 Å². The van der Waals surface area contributed by atoms with Crippen LogP contribution in [0.3, 0.4) is 0 Å². The Morgan fingerprint density at radius 2 is 2.00 bits per heavy atom. The summed E-state index contributed by atoms with van der Waals surface area (Å²) in [5.74, 6) is 0.122. The third-order valence-electron chi connectivity index (χ3n) is 5.05. The fourth-order valence-corrected chi connectivity index (χ4v) is 4.82. The molecule has 0 N–H and O–H groups in total. The number of halogens is 1. The van der Waals surface area contributed by atoms with Gasteiger partial charge in [0.2, 0.25) is 10.6 Å². The Morgan fingerprint density at radius 1 is 1.15 bits per heavy atom. The Hall–Kier alpha value is -3.82. The van der Waals surface area contributed by atoms with Gasteiger partial charge in [0.05, 0.1) is 34.5 Å². The molecule has 0 atom stereocenters. The molecule has 2 aromatic heterocycles. The van der Waals surface area contributed by atoms with E-state index in [0.717, 1.165) is 14.7 Å². The predicted molar refractivity (Wildman–Crippen MR) is 137 cm³/mol. The molecule has 34 heavy (non-hydrogen) atoms. The summed E-state index contributed by atoms with van der Waals surface area (Å²) >= 11 is 4.77. The number of para-hydroxylation sites is 1. The van der Waals surface area contributed by atoms with Crippen molar-refractivity contribution in [2.24, 2.45) is 5.10 Å². The minimum atomic E-state index is -0.418.